The summed E-state index contributed by atoms with van der Waals surface area (Å²) in [6, 6.07) is 17.5. The molecule has 1 saturated heterocycles. The Labute approximate surface area is 191 Å². The highest BCUT2D eigenvalue weighted by molar-refractivity contribution is 7.92. The number of amides is 1. The molecule has 6 nitrogen and oxygen atoms in total. The lowest BCUT2D eigenvalue weighted by atomic mass is 9.87. The van der Waals surface area contributed by atoms with Crippen LogP contribution in [0.1, 0.15) is 42.5 Å². The van der Waals surface area contributed by atoms with Crippen LogP contribution in [0.25, 0.3) is 6.08 Å². The first-order valence-corrected chi connectivity index (χ1v) is 12.8. The smallest absolute Gasteiger partial charge is 0.237 e. The van der Waals surface area contributed by atoms with Gasteiger partial charge in [0.2, 0.25) is 15.9 Å². The highest BCUT2D eigenvalue weighted by Gasteiger charge is 2.31. The zero-order chi connectivity index (χ0) is 22.6. The summed E-state index contributed by atoms with van der Waals surface area (Å²) in [7, 11) is -3.48. The lowest BCUT2D eigenvalue weighted by molar-refractivity contribution is -0.127. The van der Waals surface area contributed by atoms with E-state index in [1.165, 1.54) is 20.8 Å². The predicted molar refractivity (Wildman–Crippen MR) is 127 cm³/mol. The molecule has 0 saturated carbocycles. The number of hydrogen-bond donors (Lipinski definition) is 1. The molecule has 2 aliphatic rings. The molecule has 0 radical (unpaired) electrons. The van der Waals surface area contributed by atoms with Crippen LogP contribution >= 0.6 is 0 Å². The first-order chi connectivity index (χ1) is 15.4. The molecule has 0 spiro atoms. The van der Waals surface area contributed by atoms with Crippen LogP contribution in [-0.2, 0) is 21.2 Å². The van der Waals surface area contributed by atoms with Gasteiger partial charge < -0.3 is 5.32 Å². The molecule has 0 bridgehead atoms. The van der Waals surface area contributed by atoms with Crippen LogP contribution in [0.2, 0.25) is 0 Å². The van der Waals surface area contributed by atoms with Crippen molar-refractivity contribution < 1.29 is 13.2 Å². The van der Waals surface area contributed by atoms with Crippen LogP contribution in [0.4, 0.5) is 0 Å². The molecule has 32 heavy (non-hydrogen) atoms. The molecule has 1 fully saturated rings. The molecule has 170 valence electrons. The van der Waals surface area contributed by atoms with Gasteiger partial charge in [0.25, 0.3) is 0 Å². The third-order valence-electron chi connectivity index (χ3n) is 6.48. The number of hydrogen-bond acceptors (Lipinski definition) is 4. The molecule has 2 aromatic rings. The van der Waals surface area contributed by atoms with Gasteiger partial charge in [-0.05, 0) is 49.0 Å². The molecule has 7 heteroatoms. The second-order valence-corrected chi connectivity index (χ2v) is 10.3. The van der Waals surface area contributed by atoms with Crippen molar-refractivity contribution in [2.45, 2.75) is 38.3 Å². The standard InChI is InChI=1S/C25H31N3O3S/c1-20(25(29)26-24-13-7-11-22-10-5-6-12-23(22)24)27-15-17-28(18-16-27)32(30,31)19-14-21-8-3-2-4-9-21/h2-6,8-10,12,14,19-20,24H,7,11,13,15-18H2,1H3,(H,26,29). The van der Waals surface area contributed by atoms with E-state index in [1.54, 1.807) is 6.08 Å². The highest BCUT2D eigenvalue weighted by atomic mass is 32.2. The van der Waals surface area contributed by atoms with Crippen LogP contribution in [0.3, 0.4) is 0 Å². The average molecular weight is 454 g/mol. The van der Waals surface area contributed by atoms with Gasteiger partial charge in [-0.3, -0.25) is 9.69 Å². The maximum Gasteiger partial charge on any atom is 0.237 e. The van der Waals surface area contributed by atoms with E-state index >= 15 is 0 Å². The Hall–Kier alpha value is -2.48. The first-order valence-electron chi connectivity index (χ1n) is 11.3. The molecule has 1 amide bonds. The number of benzene rings is 2. The summed E-state index contributed by atoms with van der Waals surface area (Å²) in [4.78, 5) is 15.0. The van der Waals surface area contributed by atoms with Crippen LogP contribution in [0.15, 0.2) is 60.0 Å². The van der Waals surface area contributed by atoms with E-state index in [-0.39, 0.29) is 18.0 Å². The summed E-state index contributed by atoms with van der Waals surface area (Å²) in [5.74, 6) is 0.00647. The largest absolute Gasteiger partial charge is 0.348 e. The maximum atomic E-state index is 13.0. The fourth-order valence-electron chi connectivity index (χ4n) is 4.52. The zero-order valence-electron chi connectivity index (χ0n) is 18.5. The normalized spacial score (nSPS) is 21.2. The third-order valence-corrected chi connectivity index (χ3v) is 8.04. The van der Waals surface area contributed by atoms with Crippen molar-refractivity contribution in [3.8, 4) is 0 Å². The number of carbonyl (C=O) groups is 1. The van der Waals surface area contributed by atoms with Crippen molar-refractivity contribution >= 4 is 22.0 Å². The molecule has 1 heterocycles. The summed E-state index contributed by atoms with van der Waals surface area (Å²) in [5.41, 5.74) is 3.39. The molecule has 1 N–H and O–H groups in total. The van der Waals surface area contributed by atoms with E-state index in [0.717, 1.165) is 24.8 Å². The quantitative estimate of drug-likeness (QED) is 0.729. The molecule has 2 atom stereocenters. The minimum Gasteiger partial charge on any atom is -0.348 e. The number of nitrogens with one attached hydrogen (secondary N) is 1. The first kappa shape index (κ1) is 22.7. The fourth-order valence-corrected chi connectivity index (χ4v) is 5.70. The fraction of sp³-hybridized carbons (Fsp3) is 0.400. The summed E-state index contributed by atoms with van der Waals surface area (Å²) in [6.07, 6.45) is 4.71. The minimum atomic E-state index is -3.48. The molecule has 1 aliphatic heterocycles. The van der Waals surface area contributed by atoms with Crippen molar-refractivity contribution in [1.29, 1.82) is 0 Å². The van der Waals surface area contributed by atoms with Gasteiger partial charge in [0, 0.05) is 31.6 Å². The number of aryl methyl sites for hydroxylation is 1. The van der Waals surface area contributed by atoms with E-state index in [1.807, 2.05) is 49.4 Å². The summed E-state index contributed by atoms with van der Waals surface area (Å²) < 4.78 is 26.9. The lowest BCUT2D eigenvalue weighted by Gasteiger charge is -2.37. The van der Waals surface area contributed by atoms with Crippen molar-refractivity contribution in [3.05, 3.63) is 76.7 Å². The lowest BCUT2D eigenvalue weighted by Crippen LogP contribution is -2.55. The molecule has 2 aromatic carbocycles. The van der Waals surface area contributed by atoms with Gasteiger partial charge in [-0.1, -0.05) is 54.6 Å². The third kappa shape index (κ3) is 5.28. The number of carbonyl (C=O) groups excluding carboxylic acids is 1. The van der Waals surface area contributed by atoms with Gasteiger partial charge in [0.1, 0.15) is 0 Å². The predicted octanol–water partition coefficient (Wildman–Crippen LogP) is 3.19. The highest BCUT2D eigenvalue weighted by Crippen LogP contribution is 2.29. The van der Waals surface area contributed by atoms with Crippen molar-refractivity contribution in [2.24, 2.45) is 0 Å². The second-order valence-electron chi connectivity index (χ2n) is 8.52. The van der Waals surface area contributed by atoms with Crippen LogP contribution in [0, 0.1) is 0 Å². The topological polar surface area (TPSA) is 69.7 Å². The molecule has 1 aliphatic carbocycles. The van der Waals surface area contributed by atoms with E-state index in [4.69, 9.17) is 0 Å². The van der Waals surface area contributed by atoms with Crippen LogP contribution in [0.5, 0.6) is 0 Å². The number of sulfonamides is 1. The van der Waals surface area contributed by atoms with E-state index < -0.39 is 10.0 Å². The zero-order valence-corrected chi connectivity index (χ0v) is 19.3. The van der Waals surface area contributed by atoms with Crippen molar-refractivity contribution in [1.82, 2.24) is 14.5 Å². The van der Waals surface area contributed by atoms with Crippen LogP contribution in [-0.4, -0.2) is 55.8 Å². The van der Waals surface area contributed by atoms with Gasteiger partial charge >= 0.3 is 0 Å². The number of fused-ring (bicyclic) bond motifs is 1. The summed E-state index contributed by atoms with van der Waals surface area (Å²) >= 11 is 0. The number of nitrogens with zero attached hydrogens (tertiary/aromatic N) is 2. The molecule has 2 unspecified atom stereocenters. The Balaban J connectivity index is 1.32. The van der Waals surface area contributed by atoms with Gasteiger partial charge in [-0.2, -0.15) is 4.31 Å². The van der Waals surface area contributed by atoms with Crippen molar-refractivity contribution in [3.63, 3.8) is 0 Å². The molecule has 4 rings (SSSR count). The molecule has 0 aromatic heterocycles. The van der Waals surface area contributed by atoms with Gasteiger partial charge in [0.05, 0.1) is 12.1 Å². The van der Waals surface area contributed by atoms with E-state index in [2.05, 4.69) is 22.3 Å². The summed E-state index contributed by atoms with van der Waals surface area (Å²) in [5, 5.41) is 4.50. The van der Waals surface area contributed by atoms with Crippen molar-refractivity contribution in [2.75, 3.05) is 26.2 Å². The Morgan fingerprint density at radius 2 is 1.72 bits per heavy atom. The Kier molecular flexibility index (Phi) is 7.08. The monoisotopic (exact) mass is 453 g/mol. The minimum absolute atomic E-state index is 0.00647. The molecular weight excluding hydrogens is 422 g/mol. The van der Waals surface area contributed by atoms with E-state index in [0.29, 0.717) is 26.2 Å². The van der Waals surface area contributed by atoms with Gasteiger partial charge in [-0.15, -0.1) is 0 Å². The van der Waals surface area contributed by atoms with E-state index in [9.17, 15) is 13.2 Å². The van der Waals surface area contributed by atoms with Crippen LogP contribution < -0.4 is 5.32 Å². The maximum absolute atomic E-state index is 13.0. The Morgan fingerprint density at radius 3 is 2.47 bits per heavy atom. The Bertz CT molecular complexity index is 1060. The number of rotatable bonds is 6. The second kappa shape index (κ2) is 9.98. The van der Waals surface area contributed by atoms with Gasteiger partial charge in [0.15, 0.2) is 0 Å². The number of piperazine rings is 1. The Morgan fingerprint density at radius 1 is 1.03 bits per heavy atom. The van der Waals surface area contributed by atoms with Gasteiger partial charge in [-0.25, -0.2) is 8.42 Å². The molecular formula is C25H31N3O3S. The average Bonchev–Trinajstić information content (AvgIpc) is 2.83. The SMILES string of the molecule is CC(C(=O)NC1CCCc2ccccc21)N1CCN(S(=O)(=O)C=Cc2ccccc2)CC1. The summed E-state index contributed by atoms with van der Waals surface area (Å²) in [6.45, 7) is 3.74.